The van der Waals surface area contributed by atoms with Gasteiger partial charge >= 0.3 is 0 Å². The van der Waals surface area contributed by atoms with Crippen LogP contribution in [0.25, 0.3) is 22.8 Å². The van der Waals surface area contributed by atoms with Crippen LogP contribution in [0, 0.1) is 6.92 Å². The van der Waals surface area contributed by atoms with Gasteiger partial charge in [-0.1, -0.05) is 21.1 Å². The third-order valence-corrected chi connectivity index (χ3v) is 3.51. The van der Waals surface area contributed by atoms with E-state index in [2.05, 4.69) is 26.1 Å². The first-order valence-electron chi connectivity index (χ1n) is 6.09. The molecular formula is C15H12BrN3O. The van der Waals surface area contributed by atoms with E-state index in [9.17, 15) is 0 Å². The van der Waals surface area contributed by atoms with Gasteiger partial charge in [0.25, 0.3) is 5.89 Å². The highest BCUT2D eigenvalue weighted by Gasteiger charge is 2.12. The number of aryl methyl sites for hydroxylation is 1. The highest BCUT2D eigenvalue weighted by atomic mass is 79.9. The third-order valence-electron chi connectivity index (χ3n) is 3.01. The maximum Gasteiger partial charge on any atom is 0.258 e. The van der Waals surface area contributed by atoms with Crippen LogP contribution in [0.4, 0.5) is 5.69 Å². The molecule has 0 saturated heterocycles. The zero-order chi connectivity index (χ0) is 14.1. The van der Waals surface area contributed by atoms with Gasteiger partial charge in [0.1, 0.15) is 0 Å². The summed E-state index contributed by atoms with van der Waals surface area (Å²) in [5, 5.41) is 4.04. The van der Waals surface area contributed by atoms with Crippen molar-refractivity contribution >= 4 is 21.6 Å². The van der Waals surface area contributed by atoms with Crippen molar-refractivity contribution in [1.29, 1.82) is 0 Å². The topological polar surface area (TPSA) is 64.9 Å². The molecule has 20 heavy (non-hydrogen) atoms. The fraction of sp³-hybridized carbons (Fsp3) is 0.0667. The molecule has 0 aliphatic carbocycles. The van der Waals surface area contributed by atoms with E-state index in [-0.39, 0.29) is 0 Å². The molecule has 2 aromatic carbocycles. The first-order chi connectivity index (χ1) is 9.63. The lowest BCUT2D eigenvalue weighted by molar-refractivity contribution is 0.432. The van der Waals surface area contributed by atoms with Crippen LogP contribution in [0.1, 0.15) is 5.56 Å². The van der Waals surface area contributed by atoms with Crippen molar-refractivity contribution in [3.63, 3.8) is 0 Å². The van der Waals surface area contributed by atoms with Crippen LogP contribution >= 0.6 is 15.9 Å². The predicted molar refractivity (Wildman–Crippen MR) is 82.0 cm³/mol. The molecule has 0 radical (unpaired) electrons. The number of hydrogen-bond acceptors (Lipinski definition) is 4. The van der Waals surface area contributed by atoms with E-state index in [0.717, 1.165) is 21.2 Å². The second kappa shape index (κ2) is 5.09. The zero-order valence-corrected chi connectivity index (χ0v) is 12.4. The molecule has 0 atom stereocenters. The number of aromatic nitrogens is 2. The predicted octanol–water partition coefficient (Wildman–Crippen LogP) is 4.06. The molecule has 3 rings (SSSR count). The summed E-state index contributed by atoms with van der Waals surface area (Å²) < 4.78 is 6.35. The van der Waals surface area contributed by atoms with Gasteiger partial charge in [0.2, 0.25) is 5.82 Å². The standard InChI is InChI=1S/C15H12BrN3O/c1-9-8-11(16)4-7-13(9)14-18-15(20-19-14)10-2-5-12(17)6-3-10/h2-8H,17H2,1H3. The Balaban J connectivity index is 1.99. The molecule has 2 N–H and O–H groups in total. The summed E-state index contributed by atoms with van der Waals surface area (Å²) >= 11 is 3.44. The average molecular weight is 330 g/mol. The Bertz CT molecular complexity index is 750. The fourth-order valence-electron chi connectivity index (χ4n) is 1.95. The maximum atomic E-state index is 5.66. The molecule has 0 bridgehead atoms. The summed E-state index contributed by atoms with van der Waals surface area (Å²) in [5.41, 5.74) is 9.27. The smallest absolute Gasteiger partial charge is 0.258 e. The van der Waals surface area contributed by atoms with Crippen molar-refractivity contribution < 1.29 is 4.52 Å². The summed E-state index contributed by atoms with van der Waals surface area (Å²) in [6.07, 6.45) is 0. The van der Waals surface area contributed by atoms with E-state index in [1.54, 1.807) is 0 Å². The minimum atomic E-state index is 0.488. The number of anilines is 1. The van der Waals surface area contributed by atoms with Gasteiger partial charge in [-0.05, 0) is 55.0 Å². The van der Waals surface area contributed by atoms with E-state index in [1.807, 2.05) is 49.4 Å². The lowest BCUT2D eigenvalue weighted by atomic mass is 10.1. The second-order valence-electron chi connectivity index (χ2n) is 4.50. The quantitative estimate of drug-likeness (QED) is 0.720. The molecule has 0 unspecified atom stereocenters. The van der Waals surface area contributed by atoms with Crippen LogP contribution in [0.15, 0.2) is 51.5 Å². The van der Waals surface area contributed by atoms with Crippen molar-refractivity contribution in [2.24, 2.45) is 0 Å². The molecule has 4 nitrogen and oxygen atoms in total. The monoisotopic (exact) mass is 329 g/mol. The van der Waals surface area contributed by atoms with Gasteiger partial charge in [0.15, 0.2) is 0 Å². The summed E-state index contributed by atoms with van der Waals surface area (Å²) in [4.78, 5) is 4.44. The third kappa shape index (κ3) is 2.44. The molecule has 0 saturated carbocycles. The van der Waals surface area contributed by atoms with Gasteiger partial charge in [-0.3, -0.25) is 0 Å². The van der Waals surface area contributed by atoms with E-state index in [4.69, 9.17) is 10.3 Å². The number of nitrogens with zero attached hydrogens (tertiary/aromatic N) is 2. The lowest BCUT2D eigenvalue weighted by Crippen LogP contribution is -1.86. The number of halogens is 1. The Labute approximate surface area is 124 Å². The van der Waals surface area contributed by atoms with E-state index in [0.29, 0.717) is 17.4 Å². The van der Waals surface area contributed by atoms with E-state index < -0.39 is 0 Å². The summed E-state index contributed by atoms with van der Waals surface area (Å²) in [7, 11) is 0. The van der Waals surface area contributed by atoms with Gasteiger partial charge in [-0.2, -0.15) is 4.98 Å². The van der Waals surface area contributed by atoms with Crippen LogP contribution in [0.2, 0.25) is 0 Å². The number of hydrogen-bond donors (Lipinski definition) is 1. The molecule has 100 valence electrons. The minimum absolute atomic E-state index is 0.488. The number of benzene rings is 2. The van der Waals surface area contributed by atoms with Crippen LogP contribution < -0.4 is 5.73 Å². The summed E-state index contributed by atoms with van der Waals surface area (Å²) in [6, 6.07) is 13.3. The highest BCUT2D eigenvalue weighted by molar-refractivity contribution is 9.10. The Morgan fingerprint density at radius 1 is 1.10 bits per heavy atom. The first-order valence-corrected chi connectivity index (χ1v) is 6.89. The van der Waals surface area contributed by atoms with Crippen molar-refractivity contribution in [3.05, 3.63) is 52.5 Å². The number of rotatable bonds is 2. The lowest BCUT2D eigenvalue weighted by Gasteiger charge is -2.00. The molecule has 0 amide bonds. The largest absolute Gasteiger partial charge is 0.399 e. The first kappa shape index (κ1) is 12.9. The fourth-order valence-corrected chi connectivity index (χ4v) is 2.43. The van der Waals surface area contributed by atoms with Crippen LogP contribution in [0.3, 0.4) is 0 Å². The Morgan fingerprint density at radius 3 is 2.55 bits per heavy atom. The van der Waals surface area contributed by atoms with Gasteiger partial charge < -0.3 is 10.3 Å². The van der Waals surface area contributed by atoms with Gasteiger partial charge in [0, 0.05) is 21.3 Å². The molecule has 3 aromatic rings. The molecule has 0 aliphatic rings. The highest BCUT2D eigenvalue weighted by Crippen LogP contribution is 2.26. The molecule has 0 spiro atoms. The second-order valence-corrected chi connectivity index (χ2v) is 5.42. The van der Waals surface area contributed by atoms with Gasteiger partial charge in [-0.25, -0.2) is 0 Å². The van der Waals surface area contributed by atoms with Gasteiger partial charge in [0.05, 0.1) is 0 Å². The van der Waals surface area contributed by atoms with Gasteiger partial charge in [-0.15, -0.1) is 0 Å². The molecular weight excluding hydrogens is 318 g/mol. The Morgan fingerprint density at radius 2 is 1.85 bits per heavy atom. The van der Waals surface area contributed by atoms with Crippen molar-refractivity contribution in [1.82, 2.24) is 10.1 Å². The van der Waals surface area contributed by atoms with Crippen LogP contribution in [-0.2, 0) is 0 Å². The number of nitrogen functional groups attached to an aromatic ring is 1. The maximum absolute atomic E-state index is 5.66. The SMILES string of the molecule is Cc1cc(Br)ccc1-c1noc(-c2ccc(N)cc2)n1. The molecule has 1 aromatic heterocycles. The van der Waals surface area contributed by atoms with Crippen LogP contribution in [0.5, 0.6) is 0 Å². The van der Waals surface area contributed by atoms with E-state index in [1.165, 1.54) is 0 Å². The molecule has 0 fully saturated rings. The van der Waals surface area contributed by atoms with E-state index >= 15 is 0 Å². The molecule has 5 heteroatoms. The molecule has 0 aliphatic heterocycles. The minimum Gasteiger partial charge on any atom is -0.399 e. The van der Waals surface area contributed by atoms with Crippen molar-refractivity contribution in [2.45, 2.75) is 6.92 Å². The van der Waals surface area contributed by atoms with Crippen molar-refractivity contribution in [2.75, 3.05) is 5.73 Å². The number of nitrogens with two attached hydrogens (primary N) is 1. The Hall–Kier alpha value is -2.14. The summed E-state index contributed by atoms with van der Waals surface area (Å²) in [6.45, 7) is 2.01. The van der Waals surface area contributed by atoms with Crippen molar-refractivity contribution in [3.8, 4) is 22.8 Å². The normalized spacial score (nSPS) is 10.7. The Kier molecular flexibility index (Phi) is 3.28. The average Bonchev–Trinajstić information content (AvgIpc) is 2.89. The molecule has 1 heterocycles. The zero-order valence-electron chi connectivity index (χ0n) is 10.8. The summed E-state index contributed by atoms with van der Waals surface area (Å²) in [5.74, 6) is 1.07. The van der Waals surface area contributed by atoms with Crippen LogP contribution in [-0.4, -0.2) is 10.1 Å².